The number of aliphatic hydroxyl groups excluding tert-OH is 1. The van der Waals surface area contributed by atoms with Crippen LogP contribution in [0.3, 0.4) is 0 Å². The van der Waals surface area contributed by atoms with Gasteiger partial charge in [-0.3, -0.25) is 4.90 Å². The lowest BCUT2D eigenvalue weighted by molar-refractivity contribution is 0.141. The van der Waals surface area contributed by atoms with E-state index in [9.17, 15) is 5.11 Å². The van der Waals surface area contributed by atoms with Crippen LogP contribution in [0, 0.1) is 5.92 Å². The van der Waals surface area contributed by atoms with Gasteiger partial charge in [0.1, 0.15) is 0 Å². The van der Waals surface area contributed by atoms with Gasteiger partial charge in [-0.05, 0) is 12.3 Å². The van der Waals surface area contributed by atoms with E-state index < -0.39 is 0 Å². The van der Waals surface area contributed by atoms with Gasteiger partial charge in [0.05, 0.1) is 6.10 Å². The zero-order valence-electron chi connectivity index (χ0n) is 7.46. The van der Waals surface area contributed by atoms with Crippen molar-refractivity contribution < 1.29 is 5.11 Å². The zero-order valence-corrected chi connectivity index (χ0v) is 8.22. The first-order valence-electron chi connectivity index (χ1n) is 4.37. The van der Waals surface area contributed by atoms with Crippen molar-refractivity contribution >= 4 is 11.6 Å². The Morgan fingerprint density at radius 2 is 2.33 bits per heavy atom. The van der Waals surface area contributed by atoms with E-state index in [1.54, 1.807) is 0 Å². The molecule has 0 bridgehead atoms. The molecule has 0 aliphatic carbocycles. The molecule has 1 N–H and O–H groups in total. The van der Waals surface area contributed by atoms with Crippen LogP contribution in [0.4, 0.5) is 0 Å². The SMILES string of the molecule is C=C(Cl)CN1CC(O)C(CC)C1. The Morgan fingerprint density at radius 3 is 2.75 bits per heavy atom. The molecule has 0 aromatic carbocycles. The topological polar surface area (TPSA) is 23.5 Å². The maximum absolute atomic E-state index is 9.56. The van der Waals surface area contributed by atoms with Crippen molar-refractivity contribution in [1.82, 2.24) is 4.90 Å². The van der Waals surface area contributed by atoms with Gasteiger partial charge in [-0.2, -0.15) is 0 Å². The molecular weight excluding hydrogens is 174 g/mol. The largest absolute Gasteiger partial charge is 0.391 e. The van der Waals surface area contributed by atoms with Crippen molar-refractivity contribution in [1.29, 1.82) is 0 Å². The minimum absolute atomic E-state index is 0.175. The Labute approximate surface area is 78.8 Å². The molecule has 70 valence electrons. The van der Waals surface area contributed by atoms with E-state index in [4.69, 9.17) is 11.6 Å². The second-order valence-corrected chi connectivity index (χ2v) is 3.98. The molecule has 2 unspecified atom stereocenters. The Morgan fingerprint density at radius 1 is 1.67 bits per heavy atom. The predicted octanol–water partition coefficient (Wildman–Crippen LogP) is 1.44. The van der Waals surface area contributed by atoms with Crippen LogP contribution < -0.4 is 0 Å². The van der Waals surface area contributed by atoms with Crippen molar-refractivity contribution in [2.75, 3.05) is 19.6 Å². The first kappa shape index (κ1) is 10.0. The molecule has 2 nitrogen and oxygen atoms in total. The van der Waals surface area contributed by atoms with Gasteiger partial charge in [-0.1, -0.05) is 25.1 Å². The van der Waals surface area contributed by atoms with Crippen LogP contribution in [0.5, 0.6) is 0 Å². The van der Waals surface area contributed by atoms with Gasteiger partial charge in [0.15, 0.2) is 0 Å². The highest BCUT2D eigenvalue weighted by Gasteiger charge is 2.29. The fourth-order valence-electron chi connectivity index (χ4n) is 1.71. The van der Waals surface area contributed by atoms with Crippen molar-refractivity contribution in [3.63, 3.8) is 0 Å². The number of halogens is 1. The van der Waals surface area contributed by atoms with E-state index in [0.29, 0.717) is 17.5 Å². The predicted molar refractivity (Wildman–Crippen MR) is 51.2 cm³/mol. The van der Waals surface area contributed by atoms with Crippen molar-refractivity contribution in [3.8, 4) is 0 Å². The Balaban J connectivity index is 2.37. The van der Waals surface area contributed by atoms with Crippen molar-refractivity contribution in [2.45, 2.75) is 19.4 Å². The van der Waals surface area contributed by atoms with Gasteiger partial charge in [-0.25, -0.2) is 0 Å². The average Bonchev–Trinajstić information content (AvgIpc) is 2.29. The summed E-state index contributed by atoms with van der Waals surface area (Å²) in [5.74, 6) is 0.418. The first-order valence-corrected chi connectivity index (χ1v) is 4.75. The van der Waals surface area contributed by atoms with Gasteiger partial charge < -0.3 is 5.11 Å². The second-order valence-electron chi connectivity index (χ2n) is 3.45. The Bertz CT molecular complexity index is 172. The van der Waals surface area contributed by atoms with Crippen LogP contribution in [0.1, 0.15) is 13.3 Å². The van der Waals surface area contributed by atoms with E-state index in [2.05, 4.69) is 18.4 Å². The molecule has 1 aliphatic rings. The molecule has 2 atom stereocenters. The molecule has 1 saturated heterocycles. The minimum Gasteiger partial charge on any atom is -0.391 e. The third-order valence-electron chi connectivity index (χ3n) is 2.40. The number of likely N-dealkylation sites (tertiary alicyclic amines) is 1. The normalized spacial score (nSPS) is 30.9. The van der Waals surface area contributed by atoms with Gasteiger partial charge >= 0.3 is 0 Å². The van der Waals surface area contributed by atoms with Gasteiger partial charge in [0.2, 0.25) is 0 Å². The lowest BCUT2D eigenvalue weighted by atomic mass is 10.0. The quantitative estimate of drug-likeness (QED) is 0.727. The molecule has 1 rings (SSSR count). The molecule has 1 fully saturated rings. The molecule has 1 aliphatic heterocycles. The molecule has 1 heterocycles. The number of hydrogen-bond acceptors (Lipinski definition) is 2. The first-order chi connectivity index (χ1) is 5.63. The van der Waals surface area contributed by atoms with Crippen LogP contribution in [-0.2, 0) is 0 Å². The van der Waals surface area contributed by atoms with Gasteiger partial charge in [0, 0.05) is 24.7 Å². The average molecular weight is 190 g/mol. The van der Waals surface area contributed by atoms with E-state index in [-0.39, 0.29) is 6.10 Å². The molecule has 3 heteroatoms. The van der Waals surface area contributed by atoms with Crippen molar-refractivity contribution in [2.24, 2.45) is 5.92 Å². The molecule has 0 aromatic heterocycles. The number of rotatable bonds is 3. The number of nitrogens with zero attached hydrogens (tertiary/aromatic N) is 1. The fraction of sp³-hybridized carbons (Fsp3) is 0.778. The summed E-state index contributed by atoms with van der Waals surface area (Å²) < 4.78 is 0. The van der Waals surface area contributed by atoms with E-state index >= 15 is 0 Å². The lowest BCUT2D eigenvalue weighted by Crippen LogP contribution is -2.23. The summed E-state index contributed by atoms with van der Waals surface area (Å²) in [6.45, 7) is 8.13. The maximum atomic E-state index is 9.56. The summed E-state index contributed by atoms with van der Waals surface area (Å²) in [6.07, 6.45) is 0.859. The highest BCUT2D eigenvalue weighted by molar-refractivity contribution is 6.29. The van der Waals surface area contributed by atoms with Crippen LogP contribution >= 0.6 is 11.6 Å². The molecule has 0 saturated carbocycles. The summed E-state index contributed by atoms with van der Waals surface area (Å²) in [5.41, 5.74) is 0. The Kier molecular flexibility index (Phi) is 3.56. The summed E-state index contributed by atoms with van der Waals surface area (Å²) in [4.78, 5) is 2.15. The number of β-amino-alcohol motifs (C(OH)–C–C–N with tert-alkyl or cyclic N) is 1. The highest BCUT2D eigenvalue weighted by Crippen LogP contribution is 2.20. The Hall–Kier alpha value is -0.0500. The molecule has 0 radical (unpaired) electrons. The third-order valence-corrected chi connectivity index (χ3v) is 2.52. The van der Waals surface area contributed by atoms with E-state index in [0.717, 1.165) is 19.5 Å². The second kappa shape index (κ2) is 4.26. The molecule has 0 amide bonds. The molecular formula is C9H16ClNO. The summed E-state index contributed by atoms with van der Waals surface area (Å²) in [7, 11) is 0. The summed E-state index contributed by atoms with van der Waals surface area (Å²) in [6, 6.07) is 0. The standard InChI is InChI=1S/C9H16ClNO/c1-3-8-5-11(4-7(2)10)6-9(8)12/h8-9,12H,2-6H2,1H3. The van der Waals surface area contributed by atoms with E-state index in [1.807, 2.05) is 0 Å². The maximum Gasteiger partial charge on any atom is 0.0707 e. The fourth-order valence-corrected chi connectivity index (χ4v) is 1.88. The van der Waals surface area contributed by atoms with Crippen LogP contribution in [-0.4, -0.2) is 35.7 Å². The van der Waals surface area contributed by atoms with Crippen LogP contribution in [0.15, 0.2) is 11.6 Å². The van der Waals surface area contributed by atoms with E-state index in [1.165, 1.54) is 0 Å². The zero-order chi connectivity index (χ0) is 9.14. The van der Waals surface area contributed by atoms with Gasteiger partial charge in [0.25, 0.3) is 0 Å². The number of aliphatic hydroxyl groups is 1. The van der Waals surface area contributed by atoms with Crippen LogP contribution in [0.2, 0.25) is 0 Å². The minimum atomic E-state index is -0.175. The van der Waals surface area contributed by atoms with Crippen LogP contribution in [0.25, 0.3) is 0 Å². The molecule has 12 heavy (non-hydrogen) atoms. The summed E-state index contributed by atoms with van der Waals surface area (Å²) in [5, 5.41) is 10.2. The monoisotopic (exact) mass is 189 g/mol. The highest BCUT2D eigenvalue weighted by atomic mass is 35.5. The third kappa shape index (κ3) is 2.47. The summed E-state index contributed by atoms with van der Waals surface area (Å²) >= 11 is 5.68. The lowest BCUT2D eigenvalue weighted by Gasteiger charge is -2.13. The molecule has 0 spiro atoms. The van der Waals surface area contributed by atoms with Gasteiger partial charge in [-0.15, -0.1) is 0 Å². The molecule has 0 aromatic rings. The van der Waals surface area contributed by atoms with Crippen molar-refractivity contribution in [3.05, 3.63) is 11.6 Å². The number of hydrogen-bond donors (Lipinski definition) is 1. The smallest absolute Gasteiger partial charge is 0.0707 e.